The summed E-state index contributed by atoms with van der Waals surface area (Å²) in [5.74, 6) is -0.107. The van der Waals surface area contributed by atoms with Gasteiger partial charge in [0.15, 0.2) is 17.3 Å². The fourth-order valence-electron chi connectivity index (χ4n) is 9.90. The van der Waals surface area contributed by atoms with Crippen LogP contribution in [-0.4, -0.2) is 77.5 Å². The van der Waals surface area contributed by atoms with Gasteiger partial charge in [-0.15, -0.1) is 0 Å². The summed E-state index contributed by atoms with van der Waals surface area (Å²) in [7, 11) is 9.59. The lowest BCUT2D eigenvalue weighted by molar-refractivity contribution is -0.0000633. The molecule has 92 heavy (non-hydrogen) atoms. The number of urea groups is 1. The van der Waals surface area contributed by atoms with Gasteiger partial charge in [0.2, 0.25) is 0 Å². The van der Waals surface area contributed by atoms with E-state index in [0.29, 0.717) is 115 Å². The van der Waals surface area contributed by atoms with Crippen molar-refractivity contribution in [3.05, 3.63) is 250 Å². The average molecular weight is 1270 g/mol. The summed E-state index contributed by atoms with van der Waals surface area (Å²) < 4.78 is 68.1. The molecule has 0 saturated carbocycles. The molecule has 17 heteroatoms. The van der Waals surface area contributed by atoms with Gasteiger partial charge in [-0.2, -0.15) is 0 Å². The van der Waals surface area contributed by atoms with Gasteiger partial charge in [0.05, 0.1) is 38.0 Å². The van der Waals surface area contributed by atoms with Crippen LogP contribution in [0.1, 0.15) is 106 Å². The number of hydrogen-bond acceptors (Lipinski definition) is 10. The van der Waals surface area contributed by atoms with E-state index < -0.39 is 29.4 Å². The Morgan fingerprint density at radius 1 is 0.457 bits per heavy atom. The second-order valence-electron chi connectivity index (χ2n) is 22.5. The number of benzene rings is 9. The molecule has 0 atom stereocenters. The van der Waals surface area contributed by atoms with Crippen molar-refractivity contribution >= 4 is 46.5 Å². The molecule has 9 rings (SSSR count). The zero-order valence-electron chi connectivity index (χ0n) is 53.6. The number of carbonyl (C=O) groups excluding carboxylic acids is 5. The quantitative estimate of drug-likeness (QED) is 0.0789. The average Bonchev–Trinajstić information content (AvgIpc) is 0.850. The van der Waals surface area contributed by atoms with Gasteiger partial charge < -0.3 is 42.4 Å². The van der Waals surface area contributed by atoms with E-state index in [4.69, 9.17) is 24.7 Å². The number of nitrogens with zero attached hydrogens (tertiary/aromatic N) is 2. The molecule has 0 heterocycles. The maximum atomic E-state index is 15.7. The Hall–Kier alpha value is -10.2. The fourth-order valence-corrected chi connectivity index (χ4v) is 9.90. The van der Waals surface area contributed by atoms with Gasteiger partial charge in [-0.05, 0) is 164 Å². The molecule has 0 unspecified atom stereocenters. The number of anilines is 3. The first-order valence-corrected chi connectivity index (χ1v) is 29.2. The van der Waals surface area contributed by atoms with Gasteiger partial charge in [-0.25, -0.2) is 22.8 Å². The molecule has 0 aromatic heterocycles. The number of nitrogens with two attached hydrogens (primary N) is 1. The van der Waals surface area contributed by atoms with Crippen molar-refractivity contribution in [2.45, 2.75) is 66.4 Å². The van der Waals surface area contributed by atoms with Crippen LogP contribution < -0.4 is 47.5 Å². The number of hydrogen-bond donors (Lipinski definition) is 2. The number of rotatable bonds is 18. The van der Waals surface area contributed by atoms with Gasteiger partial charge in [0.25, 0.3) is 0 Å². The molecule has 9 aromatic rings. The molecule has 0 saturated heterocycles. The molecular formula is C75H75ClF3N4O9-. The zero-order chi connectivity index (χ0) is 66.3. The third-order valence-corrected chi connectivity index (χ3v) is 15.0. The highest BCUT2D eigenvalue weighted by Crippen LogP contribution is 2.39. The molecule has 0 fully saturated rings. The first kappa shape index (κ1) is 70.9. The van der Waals surface area contributed by atoms with E-state index in [9.17, 15) is 24.0 Å². The normalized spacial score (nSPS) is 10.6. The molecule has 0 aliphatic rings. The summed E-state index contributed by atoms with van der Waals surface area (Å²) in [6, 6.07) is 52.9. The number of ether oxygens (including phenoxy) is 4. The number of halogens is 4. The van der Waals surface area contributed by atoms with Gasteiger partial charge in [0, 0.05) is 74.2 Å². The largest absolute Gasteiger partial charge is 1.00 e. The van der Waals surface area contributed by atoms with Crippen LogP contribution in [0, 0.1) is 17.5 Å². The Kier molecular flexibility index (Phi) is 24.7. The second-order valence-corrected chi connectivity index (χ2v) is 22.5. The Bertz CT molecular complexity index is 4100. The predicted molar refractivity (Wildman–Crippen MR) is 355 cm³/mol. The monoisotopic (exact) mass is 1270 g/mol. The minimum absolute atomic E-state index is 0. The number of amides is 3. The van der Waals surface area contributed by atoms with Crippen LogP contribution in [0.5, 0.6) is 17.2 Å². The van der Waals surface area contributed by atoms with E-state index in [2.05, 4.69) is 5.32 Å². The molecule has 0 bridgehead atoms. The second kappa shape index (κ2) is 32.0. The molecule has 0 radical (unpaired) electrons. The third-order valence-electron chi connectivity index (χ3n) is 15.0. The highest BCUT2D eigenvalue weighted by molar-refractivity contribution is 5.97. The van der Waals surface area contributed by atoms with Crippen molar-refractivity contribution in [3.63, 3.8) is 0 Å². The molecule has 9 aromatic carbocycles. The van der Waals surface area contributed by atoms with Crippen LogP contribution in [0.15, 0.2) is 182 Å². The van der Waals surface area contributed by atoms with Gasteiger partial charge in [-0.1, -0.05) is 109 Å². The van der Waals surface area contributed by atoms with E-state index in [1.54, 1.807) is 148 Å². The first-order valence-electron chi connectivity index (χ1n) is 29.2. The van der Waals surface area contributed by atoms with Crippen LogP contribution in [0.2, 0.25) is 0 Å². The molecule has 3 N–H and O–H groups in total. The lowest BCUT2D eigenvalue weighted by atomic mass is 9.95. The third kappa shape index (κ3) is 18.0. The van der Waals surface area contributed by atoms with Crippen molar-refractivity contribution in [2.75, 3.05) is 57.6 Å². The van der Waals surface area contributed by atoms with Crippen molar-refractivity contribution in [2.24, 2.45) is 5.73 Å². The van der Waals surface area contributed by atoms with Crippen molar-refractivity contribution in [1.29, 1.82) is 0 Å². The minimum Gasteiger partial charge on any atom is -1.00 e. The van der Waals surface area contributed by atoms with E-state index in [0.717, 1.165) is 22.4 Å². The summed E-state index contributed by atoms with van der Waals surface area (Å²) >= 11 is 0. The Morgan fingerprint density at radius 3 is 1.03 bits per heavy atom. The molecular weight excluding hydrogens is 1190 g/mol. The Balaban J connectivity index is 0.000000219. The molecule has 13 nitrogen and oxygen atoms in total. The summed E-state index contributed by atoms with van der Waals surface area (Å²) in [5, 5.41) is 3.07. The number of ketones is 3. The summed E-state index contributed by atoms with van der Waals surface area (Å²) in [6.45, 7) is 9.90. The summed E-state index contributed by atoms with van der Waals surface area (Å²) in [4.78, 5) is 61.6. The van der Waals surface area contributed by atoms with E-state index in [1.807, 2.05) is 76.3 Å². The van der Waals surface area contributed by atoms with E-state index in [1.165, 1.54) is 51.9 Å². The molecule has 3 amide bonds. The Morgan fingerprint density at radius 2 is 0.761 bits per heavy atom. The van der Waals surface area contributed by atoms with Crippen LogP contribution in [0.3, 0.4) is 0 Å². The lowest BCUT2D eigenvalue weighted by Crippen LogP contribution is -3.00. The number of carbonyl (C=O) groups is 5. The van der Waals surface area contributed by atoms with Gasteiger partial charge in [0.1, 0.15) is 40.3 Å². The van der Waals surface area contributed by atoms with Gasteiger partial charge in [-0.3, -0.25) is 24.2 Å². The van der Waals surface area contributed by atoms with Crippen molar-refractivity contribution < 1.29 is 68.5 Å². The molecule has 0 aliphatic carbocycles. The number of Topliss-reactive ketones (excluding diaryl/α,β-unsaturated/α-hetero) is 3. The number of nitrogens with one attached hydrogen (secondary N) is 1. The summed E-state index contributed by atoms with van der Waals surface area (Å²) in [6.07, 6.45) is 0.736. The van der Waals surface area contributed by atoms with Crippen LogP contribution in [0.4, 0.5) is 39.8 Å². The van der Waals surface area contributed by atoms with E-state index >= 15 is 13.2 Å². The van der Waals surface area contributed by atoms with Crippen LogP contribution in [0.25, 0.3) is 33.4 Å². The Labute approximate surface area is 542 Å². The SMILES string of the molecule is CNc1ccc(Cc2ccc(OC)c(-c3cccc(C(C)=O)c3)c2F)cc1.COc1ccc(Cc2ccc(N(C)C(=O)OC(C)(C)C)cc2)c(F)c1-c1cccc(C(C)=O)c1.COc1ccc(Cc2ccc(N(C)C(N)=O)cc2)c(F)c1-c1cccc(C(C)=O)c1.[Cl-]. The highest BCUT2D eigenvalue weighted by atomic mass is 35.5. The molecule has 0 spiro atoms. The maximum Gasteiger partial charge on any atom is 0.414 e. The topological polar surface area (TPSA) is 167 Å². The van der Waals surface area contributed by atoms with E-state index in [-0.39, 0.29) is 35.6 Å². The van der Waals surface area contributed by atoms with Crippen molar-refractivity contribution in [3.8, 4) is 50.6 Å². The smallest absolute Gasteiger partial charge is 0.414 e. The molecule has 478 valence electrons. The highest BCUT2D eigenvalue weighted by Gasteiger charge is 2.23. The van der Waals surface area contributed by atoms with Crippen molar-refractivity contribution in [1.82, 2.24) is 0 Å². The molecule has 0 aliphatic heterocycles. The predicted octanol–water partition coefficient (Wildman–Crippen LogP) is 13.8. The van der Waals surface area contributed by atoms with Gasteiger partial charge >= 0.3 is 12.1 Å². The fraction of sp³-hybridized carbons (Fsp3) is 0.213. The lowest BCUT2D eigenvalue weighted by Gasteiger charge is -2.24. The zero-order valence-corrected chi connectivity index (χ0v) is 54.4. The minimum atomic E-state index is -0.585. The number of methoxy groups -OCH3 is 3. The first-order chi connectivity index (χ1) is 43.3. The standard InChI is InChI=1S/C28H30FNO4.C24H23FN2O3.C23H22FNO2.ClH/c1-18(31)20-8-7-9-21(17-20)25-24(33-6)15-12-22(26(25)29)16-19-10-13-23(14-11-19)30(5)27(32)34-28(2,3)4;1-15(28)17-5-4-6-18(14-17)22-21(30-3)12-9-19(23(22)25)13-16-7-10-20(11-8-16)27(2)24(26)29;1-15(26)17-5-4-6-18(14-17)22-21(27-3)12-9-19(23(22)24)13-16-7-10-20(25-2)11-8-16;/h7-15,17H,16H2,1-6H3;4-12,14H,13H2,1-3H3,(H2,26,29);4-12,14,25H,13H2,1-3H3;1H/p-1. The number of primary amides is 1. The summed E-state index contributed by atoms with van der Waals surface area (Å²) in [5.41, 5.74) is 15.8. The van der Waals surface area contributed by atoms with Crippen LogP contribution >= 0.6 is 0 Å². The maximum absolute atomic E-state index is 15.7. The van der Waals surface area contributed by atoms with Crippen LogP contribution in [-0.2, 0) is 24.0 Å².